The van der Waals surface area contributed by atoms with Crippen LogP contribution in [0.25, 0.3) is 0 Å². The van der Waals surface area contributed by atoms with Crippen molar-refractivity contribution in [1.82, 2.24) is 0 Å². The van der Waals surface area contributed by atoms with E-state index in [4.69, 9.17) is 10.5 Å². The Balaban J connectivity index is 2.56. The molecule has 0 radical (unpaired) electrons. The zero-order valence-corrected chi connectivity index (χ0v) is 12.2. The Morgan fingerprint density at radius 3 is 2.60 bits per heavy atom. The number of rotatable bonds is 9. The van der Waals surface area contributed by atoms with E-state index in [1.54, 1.807) is 14.0 Å². The van der Waals surface area contributed by atoms with Gasteiger partial charge < -0.3 is 15.3 Å². The van der Waals surface area contributed by atoms with Gasteiger partial charge in [0.25, 0.3) is 0 Å². The highest BCUT2D eigenvalue weighted by Crippen LogP contribution is 2.25. The average molecular weight is 277 g/mol. The maximum Gasteiger partial charge on any atom is 0.224 e. The van der Waals surface area contributed by atoms with Crippen molar-refractivity contribution in [1.29, 1.82) is 0 Å². The number of primary amides is 1. The second-order valence-corrected chi connectivity index (χ2v) is 5.03. The molecule has 0 heterocycles. The predicted molar refractivity (Wildman–Crippen MR) is 78.7 cm³/mol. The van der Waals surface area contributed by atoms with Crippen LogP contribution in [0.5, 0.6) is 5.75 Å². The number of carbonyl (C=O) groups is 2. The number of nitrogens with two attached hydrogens (primary N) is 1. The minimum atomic E-state index is -0.315. The van der Waals surface area contributed by atoms with Crippen molar-refractivity contribution in [2.45, 2.75) is 44.9 Å². The Kier molecular flexibility index (Phi) is 6.77. The van der Waals surface area contributed by atoms with Crippen LogP contribution in [0.3, 0.4) is 0 Å². The van der Waals surface area contributed by atoms with Crippen LogP contribution in [0.1, 0.15) is 50.5 Å². The van der Waals surface area contributed by atoms with Crippen molar-refractivity contribution in [3.8, 4) is 5.75 Å². The van der Waals surface area contributed by atoms with Crippen molar-refractivity contribution in [2.24, 2.45) is 5.73 Å². The molecule has 110 valence electrons. The van der Waals surface area contributed by atoms with E-state index in [1.807, 2.05) is 24.3 Å². The highest BCUT2D eigenvalue weighted by Gasteiger charge is 2.17. The first-order chi connectivity index (χ1) is 9.54. The Labute approximate surface area is 120 Å². The lowest BCUT2D eigenvalue weighted by Crippen LogP contribution is -2.21. The molecule has 1 amide bonds. The highest BCUT2D eigenvalue weighted by molar-refractivity contribution is 5.82. The fourth-order valence-corrected chi connectivity index (χ4v) is 2.23. The van der Waals surface area contributed by atoms with Gasteiger partial charge in [0.05, 0.1) is 13.0 Å². The van der Waals surface area contributed by atoms with Crippen molar-refractivity contribution < 1.29 is 14.3 Å². The van der Waals surface area contributed by atoms with E-state index in [1.165, 1.54) is 0 Å². The third-order valence-corrected chi connectivity index (χ3v) is 3.36. The first-order valence-electron chi connectivity index (χ1n) is 6.97. The Morgan fingerprint density at radius 1 is 1.25 bits per heavy atom. The van der Waals surface area contributed by atoms with Gasteiger partial charge >= 0.3 is 0 Å². The molecule has 0 bridgehead atoms. The van der Waals surface area contributed by atoms with Crippen molar-refractivity contribution >= 4 is 11.7 Å². The molecule has 2 N–H and O–H groups in total. The summed E-state index contributed by atoms with van der Waals surface area (Å²) in [4.78, 5) is 22.5. The summed E-state index contributed by atoms with van der Waals surface area (Å²) in [6.07, 6.45) is 4.02. The fraction of sp³-hybridized carbons (Fsp3) is 0.500. The number of ether oxygens (including phenoxy) is 1. The molecule has 0 fully saturated rings. The number of methoxy groups -OCH3 is 1. The minimum absolute atomic E-state index is 0.212. The van der Waals surface area contributed by atoms with Gasteiger partial charge in [0.15, 0.2) is 0 Å². The van der Waals surface area contributed by atoms with Crippen LogP contribution in [0.2, 0.25) is 0 Å². The number of hydrogen-bond acceptors (Lipinski definition) is 3. The molecule has 0 aliphatic rings. The van der Waals surface area contributed by atoms with E-state index < -0.39 is 0 Å². The molecule has 1 atom stereocenters. The lowest BCUT2D eigenvalue weighted by molar-refractivity contribution is -0.120. The summed E-state index contributed by atoms with van der Waals surface area (Å²) >= 11 is 0. The van der Waals surface area contributed by atoms with Gasteiger partial charge in [-0.2, -0.15) is 0 Å². The van der Waals surface area contributed by atoms with Crippen LogP contribution in [0.4, 0.5) is 0 Å². The smallest absolute Gasteiger partial charge is 0.224 e. The molecule has 20 heavy (non-hydrogen) atoms. The van der Waals surface area contributed by atoms with E-state index in [0.717, 1.165) is 30.6 Å². The maximum atomic E-state index is 11.6. The highest BCUT2D eigenvalue weighted by atomic mass is 16.5. The van der Waals surface area contributed by atoms with Crippen LogP contribution < -0.4 is 10.5 Å². The van der Waals surface area contributed by atoms with E-state index >= 15 is 0 Å². The molecule has 0 aliphatic heterocycles. The molecule has 0 spiro atoms. The van der Waals surface area contributed by atoms with Gasteiger partial charge in [-0.05, 0) is 37.5 Å². The Morgan fingerprint density at radius 2 is 2.00 bits per heavy atom. The molecular formula is C16H23NO3. The first kappa shape index (κ1) is 16.2. The number of hydrogen-bond donors (Lipinski definition) is 1. The van der Waals surface area contributed by atoms with E-state index in [-0.39, 0.29) is 17.6 Å². The number of amides is 1. The van der Waals surface area contributed by atoms with Gasteiger partial charge in [-0.1, -0.05) is 25.0 Å². The SMILES string of the molecule is COc1cccc(C(CCCCCC(C)=O)C(N)=O)c1. The molecule has 4 heteroatoms. The molecule has 1 aromatic carbocycles. The van der Waals surface area contributed by atoms with Crippen LogP contribution in [-0.4, -0.2) is 18.8 Å². The van der Waals surface area contributed by atoms with Gasteiger partial charge in [-0.25, -0.2) is 0 Å². The Hall–Kier alpha value is -1.84. The van der Waals surface area contributed by atoms with Gasteiger partial charge in [0.2, 0.25) is 5.91 Å². The molecule has 0 saturated heterocycles. The summed E-state index contributed by atoms with van der Waals surface area (Å²) in [6, 6.07) is 7.45. The molecule has 1 aromatic rings. The van der Waals surface area contributed by atoms with Crippen molar-refractivity contribution in [3.05, 3.63) is 29.8 Å². The van der Waals surface area contributed by atoms with Gasteiger partial charge in [-0.3, -0.25) is 4.79 Å². The van der Waals surface area contributed by atoms with Crippen molar-refractivity contribution in [3.63, 3.8) is 0 Å². The largest absolute Gasteiger partial charge is 0.497 e. The average Bonchev–Trinajstić information content (AvgIpc) is 2.42. The zero-order valence-electron chi connectivity index (χ0n) is 12.2. The van der Waals surface area contributed by atoms with E-state index in [2.05, 4.69) is 0 Å². The molecule has 4 nitrogen and oxygen atoms in total. The first-order valence-corrected chi connectivity index (χ1v) is 6.97. The normalized spacial score (nSPS) is 11.9. The second-order valence-electron chi connectivity index (χ2n) is 5.03. The summed E-state index contributed by atoms with van der Waals surface area (Å²) in [7, 11) is 1.60. The predicted octanol–water partition coefficient (Wildman–Crippen LogP) is 2.80. The topological polar surface area (TPSA) is 69.4 Å². The lowest BCUT2D eigenvalue weighted by atomic mass is 9.92. The molecule has 1 rings (SSSR count). The standard InChI is InChI=1S/C16H23NO3/c1-12(18)7-4-3-5-10-15(16(17)19)13-8-6-9-14(11-13)20-2/h6,8-9,11,15H,3-5,7,10H2,1-2H3,(H2,17,19). The third kappa shape index (κ3) is 5.43. The zero-order chi connectivity index (χ0) is 15.0. The monoisotopic (exact) mass is 277 g/mol. The summed E-state index contributed by atoms with van der Waals surface area (Å²) in [5, 5.41) is 0. The van der Waals surface area contributed by atoms with Gasteiger partial charge in [0, 0.05) is 6.42 Å². The number of carbonyl (C=O) groups excluding carboxylic acids is 2. The number of unbranched alkanes of at least 4 members (excludes halogenated alkanes) is 2. The molecule has 0 saturated carbocycles. The fourth-order valence-electron chi connectivity index (χ4n) is 2.23. The van der Waals surface area contributed by atoms with Gasteiger partial charge in [0.1, 0.15) is 11.5 Å². The van der Waals surface area contributed by atoms with Crippen LogP contribution in [0.15, 0.2) is 24.3 Å². The summed E-state index contributed by atoms with van der Waals surface area (Å²) in [6.45, 7) is 1.60. The number of Topliss-reactive ketones (excluding diaryl/α,β-unsaturated/α-hetero) is 1. The molecule has 0 aliphatic carbocycles. The lowest BCUT2D eigenvalue weighted by Gasteiger charge is -2.14. The van der Waals surface area contributed by atoms with E-state index in [9.17, 15) is 9.59 Å². The quantitative estimate of drug-likeness (QED) is 0.706. The third-order valence-electron chi connectivity index (χ3n) is 3.36. The van der Waals surface area contributed by atoms with Crippen LogP contribution in [-0.2, 0) is 9.59 Å². The Bertz CT molecular complexity index is 457. The van der Waals surface area contributed by atoms with Crippen LogP contribution in [0, 0.1) is 0 Å². The van der Waals surface area contributed by atoms with E-state index in [0.29, 0.717) is 12.8 Å². The second kappa shape index (κ2) is 8.35. The summed E-state index contributed by atoms with van der Waals surface area (Å²) < 4.78 is 5.16. The summed E-state index contributed by atoms with van der Waals surface area (Å²) in [5.74, 6) is 0.335. The van der Waals surface area contributed by atoms with Gasteiger partial charge in [-0.15, -0.1) is 0 Å². The van der Waals surface area contributed by atoms with Crippen molar-refractivity contribution in [2.75, 3.05) is 7.11 Å². The molecular weight excluding hydrogens is 254 g/mol. The minimum Gasteiger partial charge on any atom is -0.497 e. The number of ketones is 1. The number of benzene rings is 1. The molecule has 0 aromatic heterocycles. The van der Waals surface area contributed by atoms with Crippen LogP contribution >= 0.6 is 0 Å². The molecule has 1 unspecified atom stereocenters. The maximum absolute atomic E-state index is 11.6. The summed E-state index contributed by atoms with van der Waals surface area (Å²) in [5.41, 5.74) is 6.38.